The van der Waals surface area contributed by atoms with Crippen LogP contribution in [0.4, 0.5) is 4.79 Å². The zero-order chi connectivity index (χ0) is 21.3. The number of amides is 3. The molecule has 4 aliphatic carbocycles. The highest BCUT2D eigenvalue weighted by Gasteiger charge is 2.51. The number of ether oxygens (including phenoxy) is 1. The van der Waals surface area contributed by atoms with E-state index in [9.17, 15) is 9.59 Å². The van der Waals surface area contributed by atoms with E-state index in [0.29, 0.717) is 19.5 Å². The SMILES string of the molecule is O=C(CCNC(=O)NC12CC3CC(CC(C3)C1)C2)NCC1(N2CCOCC2)CCSC1. The first-order chi connectivity index (χ1) is 15.0. The second-order valence-corrected chi connectivity index (χ2v) is 11.8. The maximum Gasteiger partial charge on any atom is 0.315 e. The zero-order valence-electron chi connectivity index (χ0n) is 18.6. The second-order valence-electron chi connectivity index (χ2n) is 10.7. The molecule has 6 rings (SSSR count). The molecule has 1 atom stereocenters. The minimum Gasteiger partial charge on any atom is -0.379 e. The van der Waals surface area contributed by atoms with E-state index in [1.807, 2.05) is 11.8 Å². The van der Waals surface area contributed by atoms with Crippen LogP contribution in [0.25, 0.3) is 0 Å². The number of morpholine rings is 1. The molecule has 0 aromatic heterocycles. The number of nitrogens with zero attached hydrogens (tertiary/aromatic N) is 1. The number of urea groups is 1. The molecule has 6 aliphatic rings. The Morgan fingerprint density at radius 3 is 2.29 bits per heavy atom. The van der Waals surface area contributed by atoms with Gasteiger partial charge in [-0.2, -0.15) is 11.8 Å². The summed E-state index contributed by atoms with van der Waals surface area (Å²) in [6.07, 6.45) is 9.00. The van der Waals surface area contributed by atoms with Crippen molar-refractivity contribution in [1.29, 1.82) is 0 Å². The summed E-state index contributed by atoms with van der Waals surface area (Å²) >= 11 is 1.98. The minimum atomic E-state index is -0.0910. The summed E-state index contributed by atoms with van der Waals surface area (Å²) in [5, 5.41) is 9.43. The van der Waals surface area contributed by atoms with Gasteiger partial charge in [0.15, 0.2) is 0 Å². The summed E-state index contributed by atoms with van der Waals surface area (Å²) in [6, 6.07) is -0.0910. The van der Waals surface area contributed by atoms with Gasteiger partial charge in [-0.15, -0.1) is 0 Å². The summed E-state index contributed by atoms with van der Waals surface area (Å²) in [5.41, 5.74) is 0.0825. The predicted molar refractivity (Wildman–Crippen MR) is 122 cm³/mol. The fourth-order valence-corrected chi connectivity index (χ4v) is 8.80. The molecule has 6 fully saturated rings. The lowest BCUT2D eigenvalue weighted by atomic mass is 9.53. The molecule has 8 heteroatoms. The summed E-state index contributed by atoms with van der Waals surface area (Å²) in [4.78, 5) is 27.5. The summed E-state index contributed by atoms with van der Waals surface area (Å²) in [6.45, 7) is 4.54. The molecule has 0 aromatic carbocycles. The van der Waals surface area contributed by atoms with Crippen LogP contribution in [-0.4, -0.2) is 78.8 Å². The molecule has 0 spiro atoms. The van der Waals surface area contributed by atoms with E-state index in [4.69, 9.17) is 4.74 Å². The summed E-state index contributed by atoms with van der Waals surface area (Å²) < 4.78 is 5.51. The lowest BCUT2D eigenvalue weighted by Gasteiger charge is -2.56. The number of carbonyl (C=O) groups is 2. The van der Waals surface area contributed by atoms with Crippen molar-refractivity contribution in [2.75, 3.05) is 50.9 Å². The Hall–Kier alpha value is -0.990. The molecule has 0 aromatic rings. The van der Waals surface area contributed by atoms with E-state index in [1.165, 1.54) is 19.3 Å². The van der Waals surface area contributed by atoms with Gasteiger partial charge < -0.3 is 20.7 Å². The Morgan fingerprint density at radius 1 is 1.00 bits per heavy atom. The van der Waals surface area contributed by atoms with Gasteiger partial charge in [-0.3, -0.25) is 9.69 Å². The standard InChI is InChI=1S/C23H38N4O3S/c28-20(25-15-23(2-8-31-16-23)27-4-6-30-7-5-27)1-3-24-21(29)26-22-12-17-9-18(13-22)11-19(10-17)14-22/h17-19H,1-16H2,(H,25,28)(H2,24,26,29). The molecule has 3 amide bonds. The van der Waals surface area contributed by atoms with Crippen molar-refractivity contribution in [1.82, 2.24) is 20.9 Å². The Morgan fingerprint density at radius 2 is 1.68 bits per heavy atom. The van der Waals surface area contributed by atoms with Gasteiger partial charge in [-0.05, 0) is 68.5 Å². The van der Waals surface area contributed by atoms with Gasteiger partial charge in [0, 0.05) is 49.4 Å². The van der Waals surface area contributed by atoms with E-state index >= 15 is 0 Å². The molecule has 4 bridgehead atoms. The number of rotatable bonds is 7. The van der Waals surface area contributed by atoms with Crippen LogP contribution in [0.15, 0.2) is 0 Å². The van der Waals surface area contributed by atoms with Crippen molar-refractivity contribution in [3.05, 3.63) is 0 Å². The van der Waals surface area contributed by atoms with Gasteiger partial charge in [0.2, 0.25) is 5.91 Å². The van der Waals surface area contributed by atoms with Crippen molar-refractivity contribution in [2.24, 2.45) is 17.8 Å². The molecular weight excluding hydrogens is 412 g/mol. The van der Waals surface area contributed by atoms with Gasteiger partial charge >= 0.3 is 6.03 Å². The van der Waals surface area contributed by atoms with Crippen LogP contribution in [0.5, 0.6) is 0 Å². The van der Waals surface area contributed by atoms with Crippen molar-refractivity contribution in [3.63, 3.8) is 0 Å². The van der Waals surface area contributed by atoms with Crippen LogP contribution in [-0.2, 0) is 9.53 Å². The molecule has 1 unspecified atom stereocenters. The molecular formula is C23H38N4O3S. The third kappa shape index (κ3) is 4.86. The first kappa shape index (κ1) is 21.8. The lowest BCUT2D eigenvalue weighted by Crippen LogP contribution is -2.61. The van der Waals surface area contributed by atoms with Crippen molar-refractivity contribution >= 4 is 23.7 Å². The van der Waals surface area contributed by atoms with E-state index < -0.39 is 0 Å². The number of thioether (sulfide) groups is 1. The first-order valence-corrected chi connectivity index (χ1v) is 13.4. The van der Waals surface area contributed by atoms with Gasteiger partial charge in [-0.1, -0.05) is 0 Å². The Bertz CT molecular complexity index is 640. The molecule has 2 heterocycles. The highest BCUT2D eigenvalue weighted by Crippen LogP contribution is 2.55. The third-order valence-electron chi connectivity index (χ3n) is 8.43. The van der Waals surface area contributed by atoms with E-state index in [1.54, 1.807) is 0 Å². The fourth-order valence-electron chi connectivity index (χ4n) is 7.32. The van der Waals surface area contributed by atoms with Gasteiger partial charge in [0.1, 0.15) is 0 Å². The summed E-state index contributed by atoms with van der Waals surface area (Å²) in [5.74, 6) is 4.68. The van der Waals surface area contributed by atoms with Crippen LogP contribution in [0.2, 0.25) is 0 Å². The maximum absolute atomic E-state index is 12.6. The van der Waals surface area contributed by atoms with Crippen molar-refractivity contribution in [3.8, 4) is 0 Å². The van der Waals surface area contributed by atoms with Gasteiger partial charge in [0.25, 0.3) is 0 Å². The van der Waals surface area contributed by atoms with E-state index in [-0.39, 0.29) is 23.0 Å². The second kappa shape index (κ2) is 9.10. The Labute approximate surface area is 190 Å². The molecule has 0 radical (unpaired) electrons. The fraction of sp³-hybridized carbons (Fsp3) is 0.913. The van der Waals surface area contributed by atoms with Crippen LogP contribution in [0.3, 0.4) is 0 Å². The molecule has 2 saturated heterocycles. The number of hydrogen-bond donors (Lipinski definition) is 3. The van der Waals surface area contributed by atoms with Crippen molar-refractivity contribution in [2.45, 2.75) is 62.4 Å². The Balaban J connectivity index is 1.04. The minimum absolute atomic E-state index is 0.0196. The van der Waals surface area contributed by atoms with E-state index in [2.05, 4.69) is 20.9 Å². The highest BCUT2D eigenvalue weighted by molar-refractivity contribution is 7.99. The van der Waals surface area contributed by atoms with E-state index in [0.717, 1.165) is 81.2 Å². The number of nitrogens with one attached hydrogen (secondary N) is 3. The lowest BCUT2D eigenvalue weighted by molar-refractivity contribution is -0.121. The smallest absolute Gasteiger partial charge is 0.315 e. The normalized spacial score (nSPS) is 39.4. The van der Waals surface area contributed by atoms with Crippen molar-refractivity contribution < 1.29 is 14.3 Å². The molecule has 174 valence electrons. The van der Waals surface area contributed by atoms with Crippen LogP contribution >= 0.6 is 11.8 Å². The molecule has 4 saturated carbocycles. The summed E-state index contributed by atoms with van der Waals surface area (Å²) in [7, 11) is 0. The average molecular weight is 451 g/mol. The topological polar surface area (TPSA) is 82.7 Å². The maximum atomic E-state index is 12.6. The van der Waals surface area contributed by atoms with Gasteiger partial charge in [-0.25, -0.2) is 4.79 Å². The molecule has 2 aliphatic heterocycles. The first-order valence-electron chi connectivity index (χ1n) is 12.3. The molecule has 3 N–H and O–H groups in total. The number of carbonyl (C=O) groups excluding carboxylic acids is 2. The van der Waals surface area contributed by atoms with Crippen LogP contribution < -0.4 is 16.0 Å². The molecule has 7 nitrogen and oxygen atoms in total. The van der Waals surface area contributed by atoms with Crippen LogP contribution in [0, 0.1) is 17.8 Å². The van der Waals surface area contributed by atoms with Gasteiger partial charge in [0.05, 0.1) is 13.2 Å². The van der Waals surface area contributed by atoms with Crippen LogP contribution in [0.1, 0.15) is 51.4 Å². The third-order valence-corrected chi connectivity index (χ3v) is 9.67. The zero-order valence-corrected chi connectivity index (χ0v) is 19.4. The molecule has 31 heavy (non-hydrogen) atoms. The average Bonchev–Trinajstić information content (AvgIpc) is 3.22. The predicted octanol–water partition coefficient (Wildman–Crippen LogP) is 1.97. The number of hydrogen-bond acceptors (Lipinski definition) is 5. The quantitative estimate of drug-likeness (QED) is 0.552. The monoisotopic (exact) mass is 450 g/mol. The Kier molecular flexibility index (Phi) is 6.41. The largest absolute Gasteiger partial charge is 0.379 e. The highest BCUT2D eigenvalue weighted by atomic mass is 32.2.